The number of nitriles is 1. The lowest BCUT2D eigenvalue weighted by atomic mass is 9.83. The fourth-order valence-corrected chi connectivity index (χ4v) is 3.16. The van der Waals surface area contributed by atoms with Crippen molar-refractivity contribution >= 4 is 0 Å². The number of methoxy groups -OCH3 is 2. The number of phenolic OH excluding ortho intramolecular Hbond substituents is 1. The molecule has 2 heterocycles. The van der Waals surface area contributed by atoms with Gasteiger partial charge in [0.05, 0.1) is 20.1 Å². The van der Waals surface area contributed by atoms with Crippen LogP contribution in [0.15, 0.2) is 23.6 Å². The van der Waals surface area contributed by atoms with Crippen LogP contribution in [0.2, 0.25) is 0 Å². The molecule has 4 N–H and O–H groups in total. The van der Waals surface area contributed by atoms with E-state index in [2.05, 4.69) is 16.3 Å². The fourth-order valence-electron chi connectivity index (χ4n) is 3.16. The molecular formula is C18H20N4O4. The second-order valence-corrected chi connectivity index (χ2v) is 5.87. The predicted octanol–water partition coefficient (Wildman–Crippen LogP) is 2.30. The van der Waals surface area contributed by atoms with Crippen LogP contribution in [0.25, 0.3) is 0 Å². The second kappa shape index (κ2) is 6.88. The Balaban J connectivity index is 2.26. The number of nitrogens with zero attached hydrogens (tertiary/aromatic N) is 2. The molecule has 136 valence electrons. The van der Waals surface area contributed by atoms with Crippen molar-refractivity contribution in [1.29, 1.82) is 5.26 Å². The van der Waals surface area contributed by atoms with Crippen LogP contribution in [0.4, 0.5) is 0 Å². The molecule has 8 nitrogen and oxygen atoms in total. The maximum Gasteiger partial charge on any atom is 0.244 e. The first kappa shape index (κ1) is 17.5. The van der Waals surface area contributed by atoms with E-state index in [9.17, 15) is 10.4 Å². The number of hydrogen-bond donors (Lipinski definition) is 3. The third kappa shape index (κ3) is 2.67. The van der Waals surface area contributed by atoms with Crippen LogP contribution < -0.4 is 19.9 Å². The highest BCUT2D eigenvalue weighted by Gasteiger charge is 2.35. The number of benzene rings is 1. The summed E-state index contributed by atoms with van der Waals surface area (Å²) in [6.07, 6.45) is 1.64. The van der Waals surface area contributed by atoms with Gasteiger partial charge in [0.25, 0.3) is 0 Å². The first-order valence-corrected chi connectivity index (χ1v) is 8.15. The summed E-state index contributed by atoms with van der Waals surface area (Å²) in [5, 5.41) is 27.0. The van der Waals surface area contributed by atoms with E-state index in [0.29, 0.717) is 11.4 Å². The minimum atomic E-state index is -0.507. The van der Waals surface area contributed by atoms with Gasteiger partial charge in [-0.3, -0.25) is 5.10 Å². The smallest absolute Gasteiger partial charge is 0.244 e. The summed E-state index contributed by atoms with van der Waals surface area (Å²) in [5.41, 5.74) is 8.54. The molecule has 1 aliphatic heterocycles. The van der Waals surface area contributed by atoms with E-state index in [0.717, 1.165) is 24.1 Å². The largest absolute Gasteiger partial charge is 0.502 e. The highest BCUT2D eigenvalue weighted by atomic mass is 16.5. The summed E-state index contributed by atoms with van der Waals surface area (Å²) >= 11 is 0. The van der Waals surface area contributed by atoms with Crippen LogP contribution in [0.5, 0.6) is 23.1 Å². The third-order valence-corrected chi connectivity index (χ3v) is 4.35. The van der Waals surface area contributed by atoms with Gasteiger partial charge in [0.15, 0.2) is 11.5 Å². The van der Waals surface area contributed by atoms with Crippen LogP contribution in [0.1, 0.15) is 36.1 Å². The molecule has 3 rings (SSSR count). The van der Waals surface area contributed by atoms with E-state index in [1.807, 2.05) is 6.92 Å². The highest BCUT2D eigenvalue weighted by Crippen LogP contribution is 2.47. The monoisotopic (exact) mass is 356 g/mol. The van der Waals surface area contributed by atoms with Gasteiger partial charge in [0.1, 0.15) is 11.6 Å². The van der Waals surface area contributed by atoms with Gasteiger partial charge in [0, 0.05) is 11.3 Å². The minimum absolute atomic E-state index is 0.00515. The Hall–Kier alpha value is -3.34. The SMILES string of the molecule is CCCc1[nH]nc2c1[C@H](c1cc(OC)c(O)c(OC)c1)C(C#N)=C(N)O2. The molecule has 0 spiro atoms. The van der Waals surface area contributed by atoms with Crippen molar-refractivity contribution in [2.45, 2.75) is 25.7 Å². The number of ether oxygens (including phenoxy) is 3. The first-order chi connectivity index (χ1) is 12.5. The number of rotatable bonds is 5. The van der Waals surface area contributed by atoms with Gasteiger partial charge in [0.2, 0.25) is 17.5 Å². The Bertz CT molecular complexity index is 885. The Labute approximate surface area is 150 Å². The number of nitrogens with two attached hydrogens (primary N) is 1. The van der Waals surface area contributed by atoms with Gasteiger partial charge in [-0.2, -0.15) is 5.26 Å². The average molecular weight is 356 g/mol. The van der Waals surface area contributed by atoms with Crippen molar-refractivity contribution in [2.24, 2.45) is 5.73 Å². The van der Waals surface area contributed by atoms with Crippen molar-refractivity contribution in [3.05, 3.63) is 40.4 Å². The van der Waals surface area contributed by atoms with Crippen molar-refractivity contribution in [3.63, 3.8) is 0 Å². The van der Waals surface area contributed by atoms with Crippen molar-refractivity contribution in [3.8, 4) is 29.2 Å². The van der Waals surface area contributed by atoms with Crippen LogP contribution in [0, 0.1) is 11.3 Å². The molecule has 0 fully saturated rings. The molecule has 0 aliphatic carbocycles. The summed E-state index contributed by atoms with van der Waals surface area (Å²) < 4.78 is 16.0. The number of nitrogens with one attached hydrogen (secondary N) is 1. The standard InChI is InChI=1S/C18H20N4O4/c1-4-5-11-15-14(10(8-19)17(20)26-18(15)22-21-11)9-6-12(24-2)16(23)13(7-9)25-3/h6-7,14,23H,4-5,20H2,1-3H3,(H,21,22)/t14-/m1/s1. The van der Waals surface area contributed by atoms with Gasteiger partial charge in [-0.15, -0.1) is 5.10 Å². The molecule has 26 heavy (non-hydrogen) atoms. The average Bonchev–Trinajstić information content (AvgIpc) is 3.03. The van der Waals surface area contributed by atoms with Gasteiger partial charge in [-0.1, -0.05) is 13.3 Å². The molecule has 2 aromatic rings. The van der Waals surface area contributed by atoms with Crippen LogP contribution in [-0.4, -0.2) is 29.5 Å². The molecule has 1 aromatic carbocycles. The molecule has 1 aromatic heterocycles. The molecule has 1 aliphatic rings. The van der Waals surface area contributed by atoms with Gasteiger partial charge < -0.3 is 25.1 Å². The lowest BCUT2D eigenvalue weighted by molar-refractivity contribution is 0.338. The summed E-state index contributed by atoms with van der Waals surface area (Å²) in [6, 6.07) is 5.45. The van der Waals surface area contributed by atoms with Gasteiger partial charge >= 0.3 is 0 Å². The van der Waals surface area contributed by atoms with E-state index in [-0.39, 0.29) is 28.7 Å². The molecule has 1 atom stereocenters. The minimum Gasteiger partial charge on any atom is -0.502 e. The summed E-state index contributed by atoms with van der Waals surface area (Å²) in [5.74, 6) is 0.217. The predicted molar refractivity (Wildman–Crippen MR) is 93.1 cm³/mol. The Morgan fingerprint density at radius 1 is 1.35 bits per heavy atom. The Morgan fingerprint density at radius 3 is 2.54 bits per heavy atom. The number of allylic oxidation sites excluding steroid dienone is 1. The van der Waals surface area contributed by atoms with E-state index in [1.54, 1.807) is 12.1 Å². The topological polar surface area (TPSA) is 126 Å². The second-order valence-electron chi connectivity index (χ2n) is 5.87. The number of fused-ring (bicyclic) bond motifs is 1. The molecule has 0 unspecified atom stereocenters. The molecule has 0 radical (unpaired) electrons. The maximum absolute atomic E-state index is 10.2. The zero-order valence-electron chi connectivity index (χ0n) is 14.8. The summed E-state index contributed by atoms with van der Waals surface area (Å²) in [6.45, 7) is 2.05. The number of H-pyrrole nitrogens is 1. The quantitative estimate of drug-likeness (QED) is 0.750. The van der Waals surface area contributed by atoms with Gasteiger partial charge in [-0.05, 0) is 24.1 Å². The maximum atomic E-state index is 10.2. The lowest BCUT2D eigenvalue weighted by Gasteiger charge is -2.25. The van der Waals surface area contributed by atoms with E-state index >= 15 is 0 Å². The lowest BCUT2D eigenvalue weighted by Crippen LogP contribution is -2.21. The molecule has 8 heteroatoms. The molecule has 0 amide bonds. The van der Waals surface area contributed by atoms with E-state index in [4.69, 9.17) is 19.9 Å². The fraction of sp³-hybridized carbons (Fsp3) is 0.333. The van der Waals surface area contributed by atoms with Crippen LogP contribution in [-0.2, 0) is 6.42 Å². The number of aryl methyl sites for hydroxylation is 1. The van der Waals surface area contributed by atoms with Crippen molar-refractivity contribution in [1.82, 2.24) is 10.2 Å². The van der Waals surface area contributed by atoms with E-state index in [1.165, 1.54) is 14.2 Å². The van der Waals surface area contributed by atoms with Crippen LogP contribution in [0.3, 0.4) is 0 Å². The number of aromatic hydroxyl groups is 1. The molecule has 0 saturated heterocycles. The van der Waals surface area contributed by atoms with Crippen molar-refractivity contribution in [2.75, 3.05) is 14.2 Å². The normalized spacial score (nSPS) is 15.8. The van der Waals surface area contributed by atoms with Gasteiger partial charge in [-0.25, -0.2) is 0 Å². The zero-order valence-corrected chi connectivity index (χ0v) is 14.8. The Kier molecular flexibility index (Phi) is 4.63. The third-order valence-electron chi connectivity index (χ3n) is 4.35. The highest BCUT2D eigenvalue weighted by molar-refractivity contribution is 5.60. The number of aromatic amines is 1. The molecule has 0 bridgehead atoms. The number of phenols is 1. The Morgan fingerprint density at radius 2 is 2.00 bits per heavy atom. The zero-order chi connectivity index (χ0) is 18.8. The van der Waals surface area contributed by atoms with E-state index < -0.39 is 5.92 Å². The van der Waals surface area contributed by atoms with Crippen molar-refractivity contribution < 1.29 is 19.3 Å². The first-order valence-electron chi connectivity index (χ1n) is 8.15. The summed E-state index contributed by atoms with van der Waals surface area (Å²) in [7, 11) is 2.90. The van der Waals surface area contributed by atoms with Crippen LogP contribution >= 0.6 is 0 Å². The molecular weight excluding hydrogens is 336 g/mol. The molecule has 0 saturated carbocycles. The summed E-state index contributed by atoms with van der Waals surface area (Å²) in [4.78, 5) is 0. The number of hydrogen-bond acceptors (Lipinski definition) is 7. The number of aromatic nitrogens is 2.